The Bertz CT molecular complexity index is 856. The average Bonchev–Trinajstić information content (AvgIpc) is 3.11. The predicted octanol–water partition coefficient (Wildman–Crippen LogP) is 1.85. The summed E-state index contributed by atoms with van der Waals surface area (Å²) in [4.78, 5) is 19.0. The van der Waals surface area contributed by atoms with Gasteiger partial charge in [-0.25, -0.2) is 9.48 Å². The molecular weight excluding hydrogens is 378 g/mol. The molecule has 0 saturated carbocycles. The molecule has 8 nitrogen and oxygen atoms in total. The minimum Gasteiger partial charge on any atom is -0.372 e. The molecule has 8 heteroatoms. The summed E-state index contributed by atoms with van der Waals surface area (Å²) in [5.74, 6) is 1.74. The summed E-state index contributed by atoms with van der Waals surface area (Å²) in [7, 11) is 1.78. The Hall–Kier alpha value is -2.77. The van der Waals surface area contributed by atoms with Crippen molar-refractivity contribution < 1.29 is 0 Å². The molecule has 1 aliphatic rings. The lowest BCUT2D eigenvalue weighted by Crippen LogP contribution is -2.39. The van der Waals surface area contributed by atoms with E-state index in [1.165, 1.54) is 5.69 Å². The molecule has 164 valence electrons. The molecule has 0 spiro atoms. The second-order valence-corrected chi connectivity index (χ2v) is 7.58. The number of aliphatic imine (C=N–C) groups is 1. The maximum Gasteiger partial charge on any atom is 0.345 e. The number of aromatic nitrogens is 3. The molecule has 1 aromatic heterocycles. The van der Waals surface area contributed by atoms with Gasteiger partial charge in [0, 0.05) is 58.4 Å². The summed E-state index contributed by atoms with van der Waals surface area (Å²) in [6, 6.07) is 10.5. The van der Waals surface area contributed by atoms with Crippen LogP contribution in [0.1, 0.15) is 38.4 Å². The van der Waals surface area contributed by atoms with Gasteiger partial charge in [0.2, 0.25) is 0 Å². The fraction of sp³-hybridized carbons (Fsp3) is 0.591. The summed E-state index contributed by atoms with van der Waals surface area (Å²) in [6.45, 7) is 7.22. The Balaban J connectivity index is 1.34. The number of benzene rings is 1. The molecule has 0 amide bonds. The third-order valence-electron chi connectivity index (χ3n) is 5.49. The van der Waals surface area contributed by atoms with E-state index in [9.17, 15) is 4.79 Å². The third kappa shape index (κ3) is 5.87. The molecule has 2 aromatic rings. The van der Waals surface area contributed by atoms with E-state index in [0.29, 0.717) is 6.54 Å². The highest BCUT2D eigenvalue weighted by atomic mass is 16.2. The Morgan fingerprint density at radius 1 is 1.17 bits per heavy atom. The minimum absolute atomic E-state index is 0.0334. The number of rotatable bonds is 10. The van der Waals surface area contributed by atoms with Crippen molar-refractivity contribution in [2.24, 2.45) is 4.99 Å². The Labute approximate surface area is 179 Å². The predicted molar refractivity (Wildman–Crippen MR) is 122 cm³/mol. The van der Waals surface area contributed by atoms with Crippen molar-refractivity contribution in [3.63, 3.8) is 0 Å². The first-order chi connectivity index (χ1) is 14.7. The van der Waals surface area contributed by atoms with E-state index < -0.39 is 0 Å². The van der Waals surface area contributed by atoms with E-state index in [-0.39, 0.29) is 5.69 Å². The summed E-state index contributed by atoms with van der Waals surface area (Å²) >= 11 is 0. The zero-order valence-corrected chi connectivity index (χ0v) is 18.3. The second kappa shape index (κ2) is 11.4. The average molecular weight is 414 g/mol. The maximum atomic E-state index is 12.4. The summed E-state index contributed by atoms with van der Waals surface area (Å²) in [6.07, 6.45) is 4.97. The standard InChI is InChI=1S/C22H35N7O/c1-3-27(19-11-5-4-6-12-19)16-9-14-24-21(23-2)25-15-10-18-29-22(30)28-17-8-7-13-20(28)26-29/h4-6,11-12H,3,7-10,13-18H2,1-2H3,(H2,23,24,25). The van der Waals surface area contributed by atoms with Crippen LogP contribution >= 0.6 is 0 Å². The molecular formula is C22H35N7O. The highest BCUT2D eigenvalue weighted by Gasteiger charge is 2.16. The van der Waals surface area contributed by atoms with Gasteiger partial charge in [-0.3, -0.25) is 9.56 Å². The van der Waals surface area contributed by atoms with Crippen molar-refractivity contribution >= 4 is 11.6 Å². The maximum absolute atomic E-state index is 12.4. The quantitative estimate of drug-likeness (QED) is 0.353. The molecule has 0 fully saturated rings. The molecule has 3 rings (SSSR count). The zero-order chi connectivity index (χ0) is 21.2. The van der Waals surface area contributed by atoms with Gasteiger partial charge < -0.3 is 15.5 Å². The number of fused-ring (bicyclic) bond motifs is 1. The van der Waals surface area contributed by atoms with E-state index in [4.69, 9.17) is 0 Å². The van der Waals surface area contributed by atoms with Crippen molar-refractivity contribution in [1.82, 2.24) is 25.0 Å². The van der Waals surface area contributed by atoms with Gasteiger partial charge in [-0.1, -0.05) is 18.2 Å². The molecule has 0 saturated heterocycles. The van der Waals surface area contributed by atoms with Crippen LogP contribution in [0.25, 0.3) is 0 Å². The molecule has 0 unspecified atom stereocenters. The van der Waals surface area contributed by atoms with Crippen LogP contribution in [-0.4, -0.2) is 53.5 Å². The monoisotopic (exact) mass is 413 g/mol. The van der Waals surface area contributed by atoms with Gasteiger partial charge in [-0.15, -0.1) is 0 Å². The lowest BCUT2D eigenvalue weighted by atomic mass is 10.2. The summed E-state index contributed by atoms with van der Waals surface area (Å²) in [5, 5.41) is 11.2. The van der Waals surface area contributed by atoms with Gasteiger partial charge in [0.15, 0.2) is 5.96 Å². The Morgan fingerprint density at radius 3 is 2.63 bits per heavy atom. The third-order valence-corrected chi connectivity index (χ3v) is 5.49. The van der Waals surface area contributed by atoms with Crippen molar-refractivity contribution in [3.8, 4) is 0 Å². The second-order valence-electron chi connectivity index (χ2n) is 7.58. The minimum atomic E-state index is 0.0334. The smallest absolute Gasteiger partial charge is 0.345 e. The van der Waals surface area contributed by atoms with Gasteiger partial charge >= 0.3 is 5.69 Å². The number of hydrogen-bond donors (Lipinski definition) is 2. The van der Waals surface area contributed by atoms with E-state index in [2.05, 4.69) is 56.8 Å². The summed E-state index contributed by atoms with van der Waals surface area (Å²) < 4.78 is 3.44. The van der Waals surface area contributed by atoms with Crippen LogP contribution in [0, 0.1) is 0 Å². The van der Waals surface area contributed by atoms with Crippen molar-refractivity contribution in [2.75, 3.05) is 38.1 Å². The van der Waals surface area contributed by atoms with E-state index in [0.717, 1.165) is 76.6 Å². The fourth-order valence-electron chi connectivity index (χ4n) is 3.84. The molecule has 2 heterocycles. The molecule has 30 heavy (non-hydrogen) atoms. The molecule has 0 radical (unpaired) electrons. The van der Waals surface area contributed by atoms with Gasteiger partial charge in [0.1, 0.15) is 5.82 Å². The van der Waals surface area contributed by atoms with Gasteiger partial charge in [-0.05, 0) is 44.7 Å². The van der Waals surface area contributed by atoms with Gasteiger partial charge in [0.25, 0.3) is 0 Å². The van der Waals surface area contributed by atoms with Crippen LogP contribution in [-0.2, 0) is 19.5 Å². The van der Waals surface area contributed by atoms with Gasteiger partial charge in [0.05, 0.1) is 0 Å². The van der Waals surface area contributed by atoms with Crippen LogP contribution in [0.15, 0.2) is 40.1 Å². The molecule has 1 aliphatic heterocycles. The number of anilines is 1. The molecule has 0 aliphatic carbocycles. The van der Waals surface area contributed by atoms with Crippen molar-refractivity contribution in [1.29, 1.82) is 0 Å². The molecule has 0 bridgehead atoms. The van der Waals surface area contributed by atoms with Crippen LogP contribution in [0.2, 0.25) is 0 Å². The van der Waals surface area contributed by atoms with E-state index in [1.54, 1.807) is 11.7 Å². The van der Waals surface area contributed by atoms with Crippen LogP contribution in [0.3, 0.4) is 0 Å². The first kappa shape index (κ1) is 21.9. The highest BCUT2D eigenvalue weighted by Crippen LogP contribution is 2.12. The van der Waals surface area contributed by atoms with Crippen molar-refractivity contribution in [2.45, 2.75) is 52.1 Å². The number of nitrogens with zero attached hydrogens (tertiary/aromatic N) is 5. The topological polar surface area (TPSA) is 79.5 Å². The van der Waals surface area contributed by atoms with Crippen LogP contribution in [0.4, 0.5) is 5.69 Å². The lowest BCUT2D eigenvalue weighted by Gasteiger charge is -2.23. The van der Waals surface area contributed by atoms with Crippen LogP contribution < -0.4 is 21.2 Å². The lowest BCUT2D eigenvalue weighted by molar-refractivity contribution is 0.509. The van der Waals surface area contributed by atoms with E-state index >= 15 is 0 Å². The largest absolute Gasteiger partial charge is 0.372 e. The summed E-state index contributed by atoms with van der Waals surface area (Å²) in [5.41, 5.74) is 1.30. The number of hydrogen-bond acceptors (Lipinski definition) is 4. The fourth-order valence-corrected chi connectivity index (χ4v) is 3.84. The number of para-hydroxylation sites is 1. The SMILES string of the molecule is CCN(CCCNC(=NC)NCCCn1nc2n(c1=O)CCCC2)c1ccccc1. The molecule has 2 N–H and O–H groups in total. The normalized spacial score (nSPS) is 13.7. The number of nitrogens with one attached hydrogen (secondary N) is 2. The number of guanidine groups is 1. The van der Waals surface area contributed by atoms with Crippen LogP contribution in [0.5, 0.6) is 0 Å². The zero-order valence-electron chi connectivity index (χ0n) is 18.3. The molecule has 1 aromatic carbocycles. The van der Waals surface area contributed by atoms with Crippen molar-refractivity contribution in [3.05, 3.63) is 46.6 Å². The first-order valence-corrected chi connectivity index (χ1v) is 11.1. The van der Waals surface area contributed by atoms with E-state index in [1.807, 2.05) is 10.6 Å². The number of aryl methyl sites for hydroxylation is 2. The van der Waals surface area contributed by atoms with Gasteiger partial charge in [-0.2, -0.15) is 5.10 Å². The molecule has 0 atom stereocenters. The Morgan fingerprint density at radius 2 is 1.93 bits per heavy atom. The Kier molecular flexibility index (Phi) is 8.35. The first-order valence-electron chi connectivity index (χ1n) is 11.1. The highest BCUT2D eigenvalue weighted by molar-refractivity contribution is 5.79.